The zero-order chi connectivity index (χ0) is 15.5. The second kappa shape index (κ2) is 6.34. The quantitative estimate of drug-likeness (QED) is 0.482. The highest BCUT2D eigenvalue weighted by atomic mass is 35.5. The fraction of sp³-hybridized carbons (Fsp3) is 0.455. The van der Waals surface area contributed by atoms with Gasteiger partial charge in [0, 0.05) is 0 Å². The number of pyridine rings is 1. The first kappa shape index (κ1) is 16.6. The Labute approximate surface area is 115 Å². The van der Waals surface area contributed by atoms with Crippen LogP contribution in [0.3, 0.4) is 0 Å². The number of ether oxygens (including phenoxy) is 1. The Morgan fingerprint density at radius 3 is 2.50 bits per heavy atom. The van der Waals surface area contributed by atoms with Crippen LogP contribution in [-0.4, -0.2) is 17.6 Å². The van der Waals surface area contributed by atoms with E-state index < -0.39 is 47.0 Å². The fourth-order valence-electron chi connectivity index (χ4n) is 1.44. The van der Waals surface area contributed by atoms with E-state index in [9.17, 15) is 26.7 Å². The maximum absolute atomic E-state index is 12.7. The van der Waals surface area contributed by atoms with E-state index in [0.717, 1.165) is 0 Å². The molecule has 112 valence electrons. The van der Waals surface area contributed by atoms with Gasteiger partial charge in [-0.2, -0.15) is 13.2 Å². The smallest absolute Gasteiger partial charge is 0.419 e. The summed E-state index contributed by atoms with van der Waals surface area (Å²) in [5.74, 6) is -0.924. The number of halogens is 6. The standard InChI is InChI=1S/C11H9ClF5NO2/c1-2-20-7(19)4-5-3-6(11(15,16)17)9(12)18-8(5)10(13)14/h3,10H,2,4H2,1H3. The number of nitrogens with zero attached hydrogens (tertiary/aromatic N) is 1. The number of carbonyl (C=O) groups is 1. The number of carbonyl (C=O) groups excluding carboxylic acids is 1. The summed E-state index contributed by atoms with van der Waals surface area (Å²) >= 11 is 5.25. The van der Waals surface area contributed by atoms with Crippen molar-refractivity contribution in [3.8, 4) is 0 Å². The SMILES string of the molecule is CCOC(=O)Cc1cc(C(F)(F)F)c(Cl)nc1C(F)F. The van der Waals surface area contributed by atoms with Crippen molar-refractivity contribution in [3.63, 3.8) is 0 Å². The zero-order valence-corrected chi connectivity index (χ0v) is 10.9. The normalized spacial score (nSPS) is 11.8. The lowest BCUT2D eigenvalue weighted by Crippen LogP contribution is -2.14. The van der Waals surface area contributed by atoms with Crippen LogP contribution >= 0.6 is 11.6 Å². The summed E-state index contributed by atoms with van der Waals surface area (Å²) in [5, 5.41) is -1.08. The third-order valence-electron chi connectivity index (χ3n) is 2.24. The fourth-order valence-corrected chi connectivity index (χ4v) is 1.70. The summed E-state index contributed by atoms with van der Waals surface area (Å²) in [6, 6.07) is 0.397. The van der Waals surface area contributed by atoms with Crippen molar-refractivity contribution in [2.45, 2.75) is 25.9 Å². The third kappa shape index (κ3) is 4.03. The molecule has 1 aromatic heterocycles. The van der Waals surface area contributed by atoms with Gasteiger partial charge in [0.2, 0.25) is 0 Å². The topological polar surface area (TPSA) is 39.2 Å². The number of hydrogen-bond donors (Lipinski definition) is 0. The number of esters is 1. The molecular formula is C11H9ClF5NO2. The summed E-state index contributed by atoms with van der Waals surface area (Å²) in [4.78, 5) is 14.3. The van der Waals surface area contributed by atoms with E-state index in [4.69, 9.17) is 11.6 Å². The molecular weight excluding hydrogens is 309 g/mol. The molecule has 0 aliphatic rings. The molecule has 0 saturated carbocycles. The van der Waals surface area contributed by atoms with Crippen LogP contribution in [0.5, 0.6) is 0 Å². The molecule has 0 aromatic carbocycles. The summed E-state index contributed by atoms with van der Waals surface area (Å²) in [5.41, 5.74) is -2.89. The Kier molecular flexibility index (Phi) is 5.27. The lowest BCUT2D eigenvalue weighted by atomic mass is 10.1. The summed E-state index contributed by atoms with van der Waals surface area (Å²) in [6.07, 6.45) is -8.74. The van der Waals surface area contributed by atoms with Gasteiger partial charge in [-0.3, -0.25) is 4.79 Å². The second-order valence-electron chi connectivity index (χ2n) is 3.65. The molecule has 1 rings (SSSR count). The monoisotopic (exact) mass is 317 g/mol. The highest BCUT2D eigenvalue weighted by Gasteiger charge is 2.36. The first-order valence-corrected chi connectivity index (χ1v) is 5.74. The highest BCUT2D eigenvalue weighted by Crippen LogP contribution is 2.36. The molecule has 0 aliphatic heterocycles. The first-order chi connectivity index (χ1) is 9.16. The van der Waals surface area contributed by atoms with Gasteiger partial charge in [0.05, 0.1) is 18.6 Å². The lowest BCUT2D eigenvalue weighted by molar-refractivity contribution is -0.143. The first-order valence-electron chi connectivity index (χ1n) is 5.37. The minimum atomic E-state index is -4.85. The van der Waals surface area contributed by atoms with Crippen molar-refractivity contribution in [2.75, 3.05) is 6.61 Å². The Morgan fingerprint density at radius 2 is 2.05 bits per heavy atom. The second-order valence-corrected chi connectivity index (χ2v) is 4.01. The van der Waals surface area contributed by atoms with Crippen LogP contribution in [0.25, 0.3) is 0 Å². The summed E-state index contributed by atoms with van der Waals surface area (Å²) in [6.45, 7) is 1.46. The number of hydrogen-bond acceptors (Lipinski definition) is 3. The van der Waals surface area contributed by atoms with Crippen molar-refractivity contribution in [1.82, 2.24) is 4.98 Å². The average Bonchev–Trinajstić information content (AvgIpc) is 2.29. The van der Waals surface area contributed by atoms with E-state index in [2.05, 4.69) is 9.72 Å². The molecule has 0 atom stereocenters. The molecule has 0 spiro atoms. The zero-order valence-electron chi connectivity index (χ0n) is 10.1. The van der Waals surface area contributed by atoms with Crippen LogP contribution in [0.1, 0.15) is 30.2 Å². The van der Waals surface area contributed by atoms with Crippen LogP contribution < -0.4 is 0 Å². The van der Waals surface area contributed by atoms with Gasteiger partial charge in [0.25, 0.3) is 6.43 Å². The molecule has 0 radical (unpaired) electrons. The Balaban J connectivity index is 3.27. The van der Waals surface area contributed by atoms with Crippen molar-refractivity contribution >= 4 is 17.6 Å². The van der Waals surface area contributed by atoms with Gasteiger partial charge in [-0.25, -0.2) is 13.8 Å². The average molecular weight is 318 g/mol. The molecule has 0 aliphatic carbocycles. The molecule has 0 fully saturated rings. The highest BCUT2D eigenvalue weighted by molar-refractivity contribution is 6.30. The van der Waals surface area contributed by atoms with Gasteiger partial charge < -0.3 is 4.74 Å². The molecule has 20 heavy (non-hydrogen) atoms. The Morgan fingerprint density at radius 1 is 1.45 bits per heavy atom. The molecule has 0 saturated heterocycles. The van der Waals surface area contributed by atoms with Gasteiger partial charge in [-0.15, -0.1) is 0 Å². The van der Waals surface area contributed by atoms with Gasteiger partial charge in [-0.1, -0.05) is 11.6 Å². The number of aromatic nitrogens is 1. The van der Waals surface area contributed by atoms with Crippen LogP contribution in [0.4, 0.5) is 22.0 Å². The van der Waals surface area contributed by atoms with E-state index in [-0.39, 0.29) is 6.61 Å². The van der Waals surface area contributed by atoms with Crippen molar-refractivity contribution in [3.05, 3.63) is 28.0 Å². The van der Waals surface area contributed by atoms with Gasteiger partial charge in [0.1, 0.15) is 10.8 Å². The van der Waals surface area contributed by atoms with Gasteiger partial charge in [-0.05, 0) is 18.6 Å². The predicted molar refractivity (Wildman–Crippen MR) is 59.5 cm³/mol. The largest absolute Gasteiger partial charge is 0.466 e. The van der Waals surface area contributed by atoms with E-state index in [1.54, 1.807) is 0 Å². The van der Waals surface area contributed by atoms with Gasteiger partial charge in [0.15, 0.2) is 0 Å². The molecule has 0 unspecified atom stereocenters. The minimum absolute atomic E-state index is 0.0179. The maximum atomic E-state index is 12.7. The molecule has 3 nitrogen and oxygen atoms in total. The molecule has 1 heterocycles. The van der Waals surface area contributed by atoms with E-state index >= 15 is 0 Å². The lowest BCUT2D eigenvalue weighted by Gasteiger charge is -2.13. The van der Waals surface area contributed by atoms with Crippen LogP contribution in [-0.2, 0) is 22.1 Å². The molecule has 1 aromatic rings. The summed E-state index contributed by atoms with van der Waals surface area (Å²) < 4.78 is 67.8. The van der Waals surface area contributed by atoms with E-state index in [1.165, 1.54) is 6.92 Å². The molecule has 0 bridgehead atoms. The van der Waals surface area contributed by atoms with Crippen LogP contribution in [0, 0.1) is 0 Å². The Hall–Kier alpha value is -1.44. The van der Waals surface area contributed by atoms with Crippen molar-refractivity contribution in [2.24, 2.45) is 0 Å². The van der Waals surface area contributed by atoms with E-state index in [0.29, 0.717) is 6.07 Å². The molecule has 9 heteroatoms. The van der Waals surface area contributed by atoms with Gasteiger partial charge >= 0.3 is 12.1 Å². The molecule has 0 N–H and O–H groups in total. The molecule has 0 amide bonds. The number of alkyl halides is 5. The minimum Gasteiger partial charge on any atom is -0.466 e. The number of rotatable bonds is 4. The predicted octanol–water partition coefficient (Wildman–Crippen LogP) is 3.80. The van der Waals surface area contributed by atoms with Crippen molar-refractivity contribution < 1.29 is 31.5 Å². The van der Waals surface area contributed by atoms with Crippen LogP contribution in [0.2, 0.25) is 5.15 Å². The van der Waals surface area contributed by atoms with Crippen molar-refractivity contribution in [1.29, 1.82) is 0 Å². The van der Waals surface area contributed by atoms with E-state index in [1.807, 2.05) is 0 Å². The summed E-state index contributed by atoms with van der Waals surface area (Å²) in [7, 11) is 0. The van der Waals surface area contributed by atoms with Crippen LogP contribution in [0.15, 0.2) is 6.07 Å². The maximum Gasteiger partial charge on any atom is 0.419 e. The third-order valence-corrected chi connectivity index (χ3v) is 2.53. The Bertz CT molecular complexity index is 504.